The number of rotatable bonds is 1. The number of hydrogen-bond acceptors (Lipinski definition) is 1. The number of aromatic nitrogens is 2. The highest BCUT2D eigenvalue weighted by Gasteiger charge is 2.03. The van der Waals surface area contributed by atoms with E-state index in [4.69, 9.17) is 0 Å². The molecule has 3 aromatic rings. The fraction of sp³-hybridized carbons (Fsp3) is 0. The van der Waals surface area contributed by atoms with E-state index in [1.807, 2.05) is 24.3 Å². The van der Waals surface area contributed by atoms with Gasteiger partial charge in [0.1, 0.15) is 0 Å². The smallest absolute Gasteiger partial charge is 0.0875 e. The molecule has 0 aliphatic heterocycles. The molecule has 0 aliphatic carbocycles. The Hall–Kier alpha value is -1.61. The van der Waals surface area contributed by atoms with Crippen LogP contribution in [0.2, 0.25) is 0 Å². The van der Waals surface area contributed by atoms with E-state index in [9.17, 15) is 0 Å². The molecule has 0 radical (unpaired) electrons. The molecular weight excluding hydrogens is 264 g/mol. The van der Waals surface area contributed by atoms with Gasteiger partial charge in [0.05, 0.1) is 11.4 Å². The number of pyridine rings is 1. The van der Waals surface area contributed by atoms with E-state index in [0.29, 0.717) is 0 Å². The molecule has 2 heterocycles. The second-order valence-electron chi connectivity index (χ2n) is 3.63. The van der Waals surface area contributed by atoms with Gasteiger partial charge in [-0.3, -0.25) is 4.98 Å². The lowest BCUT2D eigenvalue weighted by Gasteiger charge is -1.96. The predicted octanol–water partition coefficient (Wildman–Crippen LogP) is 3.99. The molecule has 0 spiro atoms. The van der Waals surface area contributed by atoms with Crippen molar-refractivity contribution in [3.05, 3.63) is 53.1 Å². The lowest BCUT2D eigenvalue weighted by Crippen LogP contribution is -1.81. The quantitative estimate of drug-likeness (QED) is 0.713. The zero-order valence-corrected chi connectivity index (χ0v) is 10.0. The van der Waals surface area contributed by atoms with Gasteiger partial charge in [-0.05, 0) is 24.3 Å². The first-order valence-corrected chi connectivity index (χ1v) is 5.82. The van der Waals surface area contributed by atoms with Crippen LogP contribution < -0.4 is 0 Å². The van der Waals surface area contributed by atoms with Gasteiger partial charge in [-0.2, -0.15) is 0 Å². The normalized spacial score (nSPS) is 10.8. The second-order valence-corrected chi connectivity index (χ2v) is 4.55. The fourth-order valence-electron chi connectivity index (χ4n) is 1.76. The van der Waals surface area contributed by atoms with Gasteiger partial charge in [0.15, 0.2) is 0 Å². The summed E-state index contributed by atoms with van der Waals surface area (Å²) in [6.07, 6.45) is 1.80. The Kier molecular flexibility index (Phi) is 2.26. The third-order valence-electron chi connectivity index (χ3n) is 2.53. The summed E-state index contributed by atoms with van der Waals surface area (Å²) in [7, 11) is 0. The number of H-pyrrole nitrogens is 1. The van der Waals surface area contributed by atoms with Crippen molar-refractivity contribution in [1.82, 2.24) is 9.97 Å². The van der Waals surface area contributed by atoms with Gasteiger partial charge >= 0.3 is 0 Å². The summed E-state index contributed by atoms with van der Waals surface area (Å²) in [6, 6.07) is 14.3. The van der Waals surface area contributed by atoms with Crippen LogP contribution in [0, 0.1) is 0 Å². The van der Waals surface area contributed by atoms with Crippen molar-refractivity contribution in [2.24, 2.45) is 0 Å². The average molecular weight is 273 g/mol. The Morgan fingerprint density at radius 1 is 1.06 bits per heavy atom. The maximum Gasteiger partial charge on any atom is 0.0875 e. The highest BCUT2D eigenvalue weighted by Crippen LogP contribution is 2.24. The third kappa shape index (κ3) is 1.63. The molecule has 0 fully saturated rings. The molecule has 2 nitrogen and oxygen atoms in total. The van der Waals surface area contributed by atoms with E-state index >= 15 is 0 Å². The zero-order valence-electron chi connectivity index (χ0n) is 8.44. The highest BCUT2D eigenvalue weighted by atomic mass is 79.9. The van der Waals surface area contributed by atoms with E-state index < -0.39 is 0 Å². The SMILES string of the molecule is Brc1ccnc(-c2cc3ccccc3[nH]2)c1. The Balaban J connectivity index is 2.19. The van der Waals surface area contributed by atoms with Crippen LogP contribution in [0.1, 0.15) is 0 Å². The second kappa shape index (κ2) is 3.76. The molecule has 78 valence electrons. The third-order valence-corrected chi connectivity index (χ3v) is 3.02. The lowest BCUT2D eigenvalue weighted by molar-refractivity contribution is 1.28. The van der Waals surface area contributed by atoms with Crippen molar-refractivity contribution in [1.29, 1.82) is 0 Å². The molecular formula is C13H9BrN2. The van der Waals surface area contributed by atoms with E-state index in [2.05, 4.69) is 44.1 Å². The van der Waals surface area contributed by atoms with Crippen LogP contribution in [0.4, 0.5) is 0 Å². The topological polar surface area (TPSA) is 28.7 Å². The number of hydrogen-bond donors (Lipinski definition) is 1. The van der Waals surface area contributed by atoms with Crippen molar-refractivity contribution in [3.8, 4) is 11.4 Å². The summed E-state index contributed by atoms with van der Waals surface area (Å²) in [5.41, 5.74) is 3.13. The largest absolute Gasteiger partial charge is 0.353 e. The standard InChI is InChI=1S/C13H9BrN2/c14-10-5-6-15-12(8-10)13-7-9-3-1-2-4-11(9)16-13/h1-8,16H. The molecule has 1 N–H and O–H groups in total. The van der Waals surface area contributed by atoms with Crippen molar-refractivity contribution >= 4 is 26.8 Å². The maximum atomic E-state index is 4.34. The fourth-order valence-corrected chi connectivity index (χ4v) is 2.10. The first-order valence-electron chi connectivity index (χ1n) is 5.02. The Morgan fingerprint density at radius 3 is 2.75 bits per heavy atom. The van der Waals surface area contributed by atoms with Gasteiger partial charge in [0.2, 0.25) is 0 Å². The first-order chi connectivity index (χ1) is 7.83. The van der Waals surface area contributed by atoms with E-state index in [-0.39, 0.29) is 0 Å². The van der Waals surface area contributed by atoms with Crippen LogP contribution in [0.5, 0.6) is 0 Å². The molecule has 1 aromatic carbocycles. The molecule has 0 saturated carbocycles. The minimum Gasteiger partial charge on any atom is -0.353 e. The summed E-state index contributed by atoms with van der Waals surface area (Å²) in [6.45, 7) is 0. The van der Waals surface area contributed by atoms with Gasteiger partial charge < -0.3 is 4.98 Å². The van der Waals surface area contributed by atoms with Crippen molar-refractivity contribution in [2.45, 2.75) is 0 Å². The number of nitrogens with zero attached hydrogens (tertiary/aromatic N) is 1. The van der Waals surface area contributed by atoms with E-state index in [1.165, 1.54) is 5.39 Å². The molecule has 0 bridgehead atoms. The van der Waals surface area contributed by atoms with Gasteiger partial charge in [-0.1, -0.05) is 34.1 Å². The van der Waals surface area contributed by atoms with Crippen LogP contribution in [0.25, 0.3) is 22.3 Å². The molecule has 0 atom stereocenters. The number of aromatic amines is 1. The molecule has 0 aliphatic rings. The number of fused-ring (bicyclic) bond motifs is 1. The van der Waals surface area contributed by atoms with Crippen LogP contribution in [0.3, 0.4) is 0 Å². The van der Waals surface area contributed by atoms with E-state index in [0.717, 1.165) is 21.4 Å². The summed E-state index contributed by atoms with van der Waals surface area (Å²) >= 11 is 3.45. The van der Waals surface area contributed by atoms with Crippen molar-refractivity contribution < 1.29 is 0 Å². The number of benzene rings is 1. The van der Waals surface area contributed by atoms with Crippen LogP contribution in [-0.2, 0) is 0 Å². The Morgan fingerprint density at radius 2 is 1.94 bits per heavy atom. The van der Waals surface area contributed by atoms with Crippen molar-refractivity contribution in [2.75, 3.05) is 0 Å². The summed E-state index contributed by atoms with van der Waals surface area (Å²) in [5.74, 6) is 0. The monoisotopic (exact) mass is 272 g/mol. The summed E-state index contributed by atoms with van der Waals surface area (Å²) in [5, 5.41) is 1.21. The average Bonchev–Trinajstić information content (AvgIpc) is 2.72. The zero-order chi connectivity index (χ0) is 11.0. The maximum absolute atomic E-state index is 4.34. The Labute approximate surface area is 101 Å². The minimum atomic E-state index is 0.950. The minimum absolute atomic E-state index is 0.950. The first kappa shape index (κ1) is 9.60. The van der Waals surface area contributed by atoms with Gasteiger partial charge in [0.25, 0.3) is 0 Å². The molecule has 0 saturated heterocycles. The summed E-state index contributed by atoms with van der Waals surface area (Å²) < 4.78 is 1.04. The van der Waals surface area contributed by atoms with Crippen molar-refractivity contribution in [3.63, 3.8) is 0 Å². The molecule has 3 rings (SSSR count). The lowest BCUT2D eigenvalue weighted by atomic mass is 10.2. The van der Waals surface area contributed by atoms with Gasteiger partial charge in [-0.25, -0.2) is 0 Å². The molecule has 16 heavy (non-hydrogen) atoms. The Bertz CT molecular complexity index is 610. The van der Waals surface area contributed by atoms with Crippen LogP contribution in [-0.4, -0.2) is 9.97 Å². The van der Waals surface area contributed by atoms with Crippen LogP contribution >= 0.6 is 15.9 Å². The number of para-hydroxylation sites is 1. The predicted molar refractivity (Wildman–Crippen MR) is 69.2 cm³/mol. The van der Waals surface area contributed by atoms with E-state index in [1.54, 1.807) is 6.20 Å². The molecule has 2 aromatic heterocycles. The number of nitrogens with one attached hydrogen (secondary N) is 1. The summed E-state index contributed by atoms with van der Waals surface area (Å²) in [4.78, 5) is 7.70. The number of halogens is 1. The van der Waals surface area contributed by atoms with Gasteiger partial charge in [-0.15, -0.1) is 0 Å². The molecule has 0 amide bonds. The molecule has 3 heteroatoms. The molecule has 0 unspecified atom stereocenters. The highest BCUT2D eigenvalue weighted by molar-refractivity contribution is 9.10. The van der Waals surface area contributed by atoms with Crippen LogP contribution in [0.15, 0.2) is 53.1 Å². The van der Waals surface area contributed by atoms with Gasteiger partial charge in [0, 0.05) is 21.6 Å².